The van der Waals surface area contributed by atoms with Crippen LogP contribution in [0.5, 0.6) is 0 Å². The van der Waals surface area contributed by atoms with Gasteiger partial charge in [0.15, 0.2) is 0 Å². The molecule has 0 aliphatic heterocycles. The number of hydrogen-bond acceptors (Lipinski definition) is 2. The molecule has 0 N–H and O–H groups in total. The van der Waals surface area contributed by atoms with Crippen LogP contribution in [-0.4, -0.2) is 4.37 Å². The lowest BCUT2D eigenvalue weighted by atomic mass is 10.3. The molecule has 0 aliphatic carbocycles. The molecular formula is C7H4NS. The topological polar surface area (TPSA) is 12.9 Å². The maximum atomic E-state index is 4.01. The Kier molecular flexibility index (Phi) is 0.993. The number of fused-ring (bicyclic) bond motifs is 1. The maximum absolute atomic E-state index is 4.01. The van der Waals surface area contributed by atoms with Crippen LogP contribution in [0, 0.1) is 6.07 Å². The van der Waals surface area contributed by atoms with Gasteiger partial charge in [0.05, 0.1) is 4.70 Å². The highest BCUT2D eigenvalue weighted by Gasteiger charge is 1.90. The van der Waals surface area contributed by atoms with E-state index in [9.17, 15) is 0 Å². The quantitative estimate of drug-likeness (QED) is 0.537. The van der Waals surface area contributed by atoms with Crippen LogP contribution in [-0.2, 0) is 0 Å². The van der Waals surface area contributed by atoms with Crippen molar-refractivity contribution in [3.8, 4) is 0 Å². The van der Waals surface area contributed by atoms with Gasteiger partial charge in [0.25, 0.3) is 0 Å². The molecule has 1 radical (unpaired) electrons. The van der Waals surface area contributed by atoms with Crippen LogP contribution in [0.3, 0.4) is 0 Å². The smallest absolute Gasteiger partial charge is 0.0556 e. The van der Waals surface area contributed by atoms with Crippen LogP contribution >= 0.6 is 11.5 Å². The second-order valence-corrected chi connectivity index (χ2v) is 2.61. The minimum atomic E-state index is 1.11. The van der Waals surface area contributed by atoms with Crippen molar-refractivity contribution in [2.24, 2.45) is 0 Å². The summed E-state index contributed by atoms with van der Waals surface area (Å²) in [5, 5.41) is 1.11. The molecule has 0 amide bonds. The van der Waals surface area contributed by atoms with Crippen molar-refractivity contribution in [1.82, 2.24) is 4.37 Å². The Morgan fingerprint density at radius 2 is 2.56 bits per heavy atom. The lowest BCUT2D eigenvalue weighted by Crippen LogP contribution is -1.57. The number of hydrogen-bond donors (Lipinski definition) is 0. The molecule has 2 aromatic rings. The molecule has 43 valence electrons. The van der Waals surface area contributed by atoms with Crippen LogP contribution in [0.4, 0.5) is 0 Å². The summed E-state index contributed by atoms with van der Waals surface area (Å²) >= 11 is 1.51. The van der Waals surface area contributed by atoms with Gasteiger partial charge in [-0.05, 0) is 23.7 Å². The fraction of sp³-hybridized carbons (Fsp3) is 0. The largest absolute Gasteiger partial charge is 0.200 e. The molecule has 0 saturated heterocycles. The van der Waals surface area contributed by atoms with Gasteiger partial charge in [-0.3, -0.25) is 0 Å². The van der Waals surface area contributed by atoms with Gasteiger partial charge in [0, 0.05) is 11.6 Å². The predicted octanol–water partition coefficient (Wildman–Crippen LogP) is 2.10. The first-order valence-corrected chi connectivity index (χ1v) is 3.45. The number of aromatic nitrogens is 1. The van der Waals surface area contributed by atoms with E-state index in [1.807, 2.05) is 24.4 Å². The summed E-state index contributed by atoms with van der Waals surface area (Å²) in [7, 11) is 0. The summed E-state index contributed by atoms with van der Waals surface area (Å²) in [5.74, 6) is 0. The fourth-order valence-electron chi connectivity index (χ4n) is 0.751. The molecular weight excluding hydrogens is 130 g/mol. The van der Waals surface area contributed by atoms with Crippen molar-refractivity contribution in [3.63, 3.8) is 0 Å². The molecule has 0 unspecified atom stereocenters. The Balaban J connectivity index is 2.95. The van der Waals surface area contributed by atoms with Crippen LogP contribution < -0.4 is 0 Å². The van der Waals surface area contributed by atoms with Gasteiger partial charge in [-0.1, -0.05) is 12.1 Å². The Hall–Kier alpha value is -0.890. The molecule has 1 aromatic heterocycles. The second-order valence-electron chi connectivity index (χ2n) is 1.77. The summed E-state index contributed by atoms with van der Waals surface area (Å²) < 4.78 is 5.22. The second kappa shape index (κ2) is 1.81. The number of nitrogens with zero attached hydrogens (tertiary/aromatic N) is 1. The first-order chi connectivity index (χ1) is 4.47. The van der Waals surface area contributed by atoms with Crippen molar-refractivity contribution in [2.75, 3.05) is 0 Å². The first-order valence-electron chi connectivity index (χ1n) is 2.68. The standard InChI is InChI=1S/C7H4NS/c1-2-4-7-6(3-1)5-8-9-7/h1-2,4-5H. The first kappa shape index (κ1) is 4.94. The van der Waals surface area contributed by atoms with E-state index in [1.54, 1.807) is 0 Å². The Morgan fingerprint density at radius 1 is 1.56 bits per heavy atom. The summed E-state index contributed by atoms with van der Waals surface area (Å²) in [6.07, 6.45) is 1.83. The van der Waals surface area contributed by atoms with Crippen molar-refractivity contribution < 1.29 is 0 Å². The molecule has 0 saturated carbocycles. The van der Waals surface area contributed by atoms with Gasteiger partial charge in [0.2, 0.25) is 0 Å². The maximum Gasteiger partial charge on any atom is 0.0556 e. The lowest BCUT2D eigenvalue weighted by Gasteiger charge is -1.79. The molecule has 0 spiro atoms. The number of benzene rings is 1. The van der Waals surface area contributed by atoms with Crippen LogP contribution in [0.2, 0.25) is 0 Å². The monoisotopic (exact) mass is 134 g/mol. The van der Waals surface area contributed by atoms with Gasteiger partial charge in [-0.2, -0.15) is 4.37 Å². The van der Waals surface area contributed by atoms with Crippen molar-refractivity contribution in [3.05, 3.63) is 30.5 Å². The Bertz CT molecular complexity index is 283. The lowest BCUT2D eigenvalue weighted by molar-refractivity contribution is 1.60. The van der Waals surface area contributed by atoms with Crippen molar-refractivity contribution >= 4 is 21.6 Å². The summed E-state index contributed by atoms with van der Waals surface area (Å²) in [4.78, 5) is 0. The van der Waals surface area contributed by atoms with E-state index < -0.39 is 0 Å². The highest BCUT2D eigenvalue weighted by molar-refractivity contribution is 7.13. The van der Waals surface area contributed by atoms with Gasteiger partial charge in [-0.15, -0.1) is 0 Å². The zero-order valence-electron chi connectivity index (χ0n) is 4.66. The summed E-state index contributed by atoms with van der Waals surface area (Å²) in [5.41, 5.74) is 0. The SMILES string of the molecule is [c]1cccc2sncc12. The summed E-state index contributed by atoms with van der Waals surface area (Å²) in [6, 6.07) is 9.00. The third-order valence-electron chi connectivity index (χ3n) is 1.18. The van der Waals surface area contributed by atoms with Gasteiger partial charge in [0.1, 0.15) is 0 Å². The van der Waals surface area contributed by atoms with Gasteiger partial charge >= 0.3 is 0 Å². The Morgan fingerprint density at radius 3 is 3.44 bits per heavy atom. The van der Waals surface area contributed by atoms with E-state index >= 15 is 0 Å². The number of rotatable bonds is 0. The van der Waals surface area contributed by atoms with Crippen LogP contribution in [0.15, 0.2) is 24.4 Å². The molecule has 2 rings (SSSR count). The third-order valence-corrected chi connectivity index (χ3v) is 1.94. The van der Waals surface area contributed by atoms with E-state index in [1.165, 1.54) is 16.2 Å². The van der Waals surface area contributed by atoms with Crippen LogP contribution in [0.1, 0.15) is 0 Å². The molecule has 9 heavy (non-hydrogen) atoms. The molecule has 0 bridgehead atoms. The van der Waals surface area contributed by atoms with E-state index in [0.29, 0.717) is 0 Å². The molecule has 1 aromatic carbocycles. The molecule has 0 aliphatic rings. The van der Waals surface area contributed by atoms with E-state index in [2.05, 4.69) is 10.4 Å². The summed E-state index contributed by atoms with van der Waals surface area (Å²) in [6.45, 7) is 0. The van der Waals surface area contributed by atoms with Crippen molar-refractivity contribution in [1.29, 1.82) is 0 Å². The molecule has 1 nitrogen and oxygen atoms in total. The molecule has 1 heterocycles. The van der Waals surface area contributed by atoms with Crippen LogP contribution in [0.25, 0.3) is 10.1 Å². The van der Waals surface area contributed by atoms with E-state index in [0.717, 1.165) is 5.39 Å². The van der Waals surface area contributed by atoms with Crippen molar-refractivity contribution in [2.45, 2.75) is 0 Å². The zero-order valence-corrected chi connectivity index (χ0v) is 5.48. The fourth-order valence-corrected chi connectivity index (χ4v) is 1.37. The predicted molar refractivity (Wildman–Crippen MR) is 38.5 cm³/mol. The minimum Gasteiger partial charge on any atom is -0.200 e. The van der Waals surface area contributed by atoms with E-state index in [4.69, 9.17) is 0 Å². The van der Waals surface area contributed by atoms with E-state index in [-0.39, 0.29) is 0 Å². The highest BCUT2D eigenvalue weighted by atomic mass is 32.1. The third kappa shape index (κ3) is 0.715. The molecule has 2 heteroatoms. The minimum absolute atomic E-state index is 1.11. The van der Waals surface area contributed by atoms with Gasteiger partial charge in [-0.25, -0.2) is 0 Å². The highest BCUT2D eigenvalue weighted by Crippen LogP contribution is 2.15. The van der Waals surface area contributed by atoms with Gasteiger partial charge < -0.3 is 0 Å². The zero-order chi connectivity index (χ0) is 6.10. The average Bonchev–Trinajstić information content (AvgIpc) is 2.33. The average molecular weight is 134 g/mol. The Labute approximate surface area is 57.1 Å². The molecule has 0 atom stereocenters. The molecule has 0 fully saturated rings. The normalized spacial score (nSPS) is 10.2.